The molecule has 1 amide bonds. The predicted molar refractivity (Wildman–Crippen MR) is 86.3 cm³/mol. The molecule has 4 rings (SSSR count). The summed E-state index contributed by atoms with van der Waals surface area (Å²) in [4.78, 5) is 21.0. The molecule has 5 nitrogen and oxygen atoms in total. The van der Waals surface area contributed by atoms with E-state index in [4.69, 9.17) is 4.98 Å². The van der Waals surface area contributed by atoms with Gasteiger partial charge in [-0.1, -0.05) is 30.3 Å². The minimum atomic E-state index is -0.110. The van der Waals surface area contributed by atoms with Gasteiger partial charge >= 0.3 is 0 Å². The second kappa shape index (κ2) is 4.80. The van der Waals surface area contributed by atoms with Crippen molar-refractivity contribution in [1.82, 2.24) is 9.55 Å². The molecule has 0 aliphatic carbocycles. The van der Waals surface area contributed by atoms with Crippen molar-refractivity contribution in [3.8, 4) is 0 Å². The normalized spacial score (nSPS) is 14.2. The molecule has 1 N–H and O–H groups in total. The number of carbonyl (C=O) groups is 1. The van der Waals surface area contributed by atoms with Crippen LogP contribution in [0.25, 0.3) is 11.0 Å². The Bertz CT molecular complexity index is 923. The van der Waals surface area contributed by atoms with E-state index in [0.717, 1.165) is 33.8 Å². The number of imidazole rings is 1. The van der Waals surface area contributed by atoms with Crippen LogP contribution in [0.5, 0.6) is 0 Å². The van der Waals surface area contributed by atoms with Gasteiger partial charge in [0.2, 0.25) is 5.91 Å². The molecule has 5 heteroatoms. The van der Waals surface area contributed by atoms with Crippen molar-refractivity contribution >= 4 is 28.3 Å². The number of hydrogen-bond acceptors (Lipinski definition) is 3. The Labute approximate surface area is 127 Å². The Kier molecular flexibility index (Phi) is 2.79. The number of aryl methyl sites for hydroxylation is 1. The van der Waals surface area contributed by atoms with Gasteiger partial charge in [-0.15, -0.1) is 0 Å². The molecule has 108 valence electrons. The Morgan fingerprint density at radius 1 is 1.09 bits per heavy atom. The van der Waals surface area contributed by atoms with Crippen LogP contribution in [0.15, 0.2) is 53.5 Å². The average molecular weight is 290 g/mol. The average Bonchev–Trinajstić information content (AvgIpc) is 2.76. The first-order valence-electron chi connectivity index (χ1n) is 7.09. The fourth-order valence-corrected chi connectivity index (χ4v) is 2.77. The summed E-state index contributed by atoms with van der Waals surface area (Å²) >= 11 is 0. The Morgan fingerprint density at radius 2 is 1.86 bits per heavy atom. The highest BCUT2D eigenvalue weighted by Crippen LogP contribution is 2.24. The molecule has 0 saturated carbocycles. The lowest BCUT2D eigenvalue weighted by Crippen LogP contribution is -2.13. The van der Waals surface area contributed by atoms with Crippen LogP contribution in [0.4, 0.5) is 5.69 Å². The molecule has 0 unspecified atom stereocenters. The van der Waals surface area contributed by atoms with Crippen molar-refractivity contribution in [2.75, 3.05) is 11.9 Å². The van der Waals surface area contributed by atoms with Crippen molar-refractivity contribution in [1.29, 1.82) is 0 Å². The number of nitrogens with one attached hydrogen (secondary N) is 1. The molecular formula is C17H14N4O. The summed E-state index contributed by atoms with van der Waals surface area (Å²) in [5.74, 6) is 0.659. The number of amides is 1. The molecule has 2 aromatic carbocycles. The molecule has 1 aliphatic rings. The van der Waals surface area contributed by atoms with Crippen molar-refractivity contribution in [3.05, 3.63) is 59.9 Å². The number of hydrogen-bond donors (Lipinski definition) is 1. The van der Waals surface area contributed by atoms with Crippen LogP contribution in [0.2, 0.25) is 0 Å². The van der Waals surface area contributed by atoms with Crippen LogP contribution in [0.3, 0.4) is 0 Å². The number of anilines is 1. The number of aliphatic imine (C=N–C) groups is 1. The molecule has 0 bridgehead atoms. The summed E-state index contributed by atoms with van der Waals surface area (Å²) < 4.78 is 2.01. The third-order valence-electron chi connectivity index (χ3n) is 3.84. The molecule has 0 fully saturated rings. The molecule has 3 aromatic rings. The molecule has 0 radical (unpaired) electrons. The molecule has 22 heavy (non-hydrogen) atoms. The Morgan fingerprint density at radius 3 is 2.73 bits per heavy atom. The highest BCUT2D eigenvalue weighted by molar-refractivity contribution is 6.18. The first-order chi connectivity index (χ1) is 10.7. The lowest BCUT2D eigenvalue weighted by molar-refractivity contribution is -0.114. The van der Waals surface area contributed by atoms with Crippen LogP contribution in [-0.4, -0.2) is 27.7 Å². The fraction of sp³-hybridized carbons (Fsp3) is 0.118. The summed E-state index contributed by atoms with van der Waals surface area (Å²) in [5.41, 5.74) is 4.38. The third kappa shape index (κ3) is 1.90. The first-order valence-corrected chi connectivity index (χ1v) is 7.09. The quantitative estimate of drug-likeness (QED) is 0.748. The van der Waals surface area contributed by atoms with Gasteiger partial charge in [0.05, 0.1) is 16.7 Å². The molecule has 0 atom stereocenters. The van der Waals surface area contributed by atoms with Crippen LogP contribution < -0.4 is 5.32 Å². The van der Waals surface area contributed by atoms with Gasteiger partial charge in [0.25, 0.3) is 0 Å². The number of fused-ring (bicyclic) bond motifs is 2. The Hall–Kier alpha value is -2.95. The van der Waals surface area contributed by atoms with Gasteiger partial charge in [0, 0.05) is 12.6 Å². The van der Waals surface area contributed by atoms with Gasteiger partial charge < -0.3 is 9.88 Å². The summed E-state index contributed by atoms with van der Waals surface area (Å²) in [6.45, 7) is 0.104. The largest absolute Gasteiger partial charge is 0.326 e. The van der Waals surface area contributed by atoms with Crippen molar-refractivity contribution in [2.45, 2.75) is 0 Å². The summed E-state index contributed by atoms with van der Waals surface area (Å²) in [7, 11) is 1.97. The van der Waals surface area contributed by atoms with E-state index in [1.807, 2.05) is 60.1 Å². The van der Waals surface area contributed by atoms with Crippen molar-refractivity contribution < 1.29 is 4.79 Å². The van der Waals surface area contributed by atoms with E-state index in [9.17, 15) is 4.79 Å². The second-order valence-electron chi connectivity index (χ2n) is 5.24. The fourth-order valence-electron chi connectivity index (χ4n) is 2.77. The molecule has 1 aliphatic heterocycles. The minimum Gasteiger partial charge on any atom is -0.326 e. The number of benzene rings is 2. The molecule has 0 saturated heterocycles. The highest BCUT2D eigenvalue weighted by atomic mass is 16.1. The number of benzodiazepines with no additional fused rings is 1. The van der Waals surface area contributed by atoms with E-state index in [1.54, 1.807) is 0 Å². The van der Waals surface area contributed by atoms with Crippen molar-refractivity contribution in [2.24, 2.45) is 12.0 Å². The molecule has 2 heterocycles. The maximum atomic E-state index is 11.8. The van der Waals surface area contributed by atoms with Crippen LogP contribution >= 0.6 is 0 Å². The molecule has 1 aromatic heterocycles. The minimum absolute atomic E-state index is 0.104. The number of para-hydroxylation sites is 3. The highest BCUT2D eigenvalue weighted by Gasteiger charge is 2.21. The lowest BCUT2D eigenvalue weighted by atomic mass is 10.1. The van der Waals surface area contributed by atoms with Gasteiger partial charge in [-0.25, -0.2) is 4.98 Å². The van der Waals surface area contributed by atoms with E-state index in [-0.39, 0.29) is 12.5 Å². The second-order valence-corrected chi connectivity index (χ2v) is 5.24. The number of nitrogens with zero attached hydrogens (tertiary/aromatic N) is 3. The zero-order valence-electron chi connectivity index (χ0n) is 12.1. The van der Waals surface area contributed by atoms with Gasteiger partial charge in [-0.05, 0) is 18.2 Å². The summed E-state index contributed by atoms with van der Waals surface area (Å²) in [6.07, 6.45) is 0. The zero-order chi connectivity index (χ0) is 15.1. The maximum absolute atomic E-state index is 11.8. The topological polar surface area (TPSA) is 59.3 Å². The van der Waals surface area contributed by atoms with E-state index in [0.29, 0.717) is 0 Å². The monoisotopic (exact) mass is 290 g/mol. The van der Waals surface area contributed by atoms with Crippen LogP contribution in [0, 0.1) is 0 Å². The Balaban J connectivity index is 1.97. The first kappa shape index (κ1) is 12.8. The molecular weight excluding hydrogens is 276 g/mol. The van der Waals surface area contributed by atoms with Gasteiger partial charge in [-0.2, -0.15) is 0 Å². The lowest BCUT2D eigenvalue weighted by Gasteiger charge is -2.09. The van der Waals surface area contributed by atoms with E-state index < -0.39 is 0 Å². The van der Waals surface area contributed by atoms with Crippen LogP contribution in [0.1, 0.15) is 11.4 Å². The van der Waals surface area contributed by atoms with E-state index in [1.165, 1.54) is 0 Å². The van der Waals surface area contributed by atoms with Crippen molar-refractivity contribution in [3.63, 3.8) is 0 Å². The predicted octanol–water partition coefficient (Wildman–Crippen LogP) is 2.36. The van der Waals surface area contributed by atoms with E-state index in [2.05, 4.69) is 10.3 Å². The maximum Gasteiger partial charge on any atom is 0.246 e. The summed E-state index contributed by atoms with van der Waals surface area (Å²) in [5, 5.41) is 2.88. The third-order valence-corrected chi connectivity index (χ3v) is 3.84. The SMILES string of the molecule is Cn1c(C2=NCC(=O)Nc3ccccc32)nc2ccccc21. The van der Waals surface area contributed by atoms with Gasteiger partial charge in [0.1, 0.15) is 12.3 Å². The number of carbonyl (C=O) groups excluding carboxylic acids is 1. The summed E-state index contributed by atoms with van der Waals surface area (Å²) in [6, 6.07) is 15.6. The number of rotatable bonds is 1. The van der Waals surface area contributed by atoms with Crippen LogP contribution in [-0.2, 0) is 11.8 Å². The smallest absolute Gasteiger partial charge is 0.246 e. The van der Waals surface area contributed by atoms with Gasteiger partial charge in [0.15, 0.2) is 5.82 Å². The zero-order valence-corrected chi connectivity index (χ0v) is 12.1. The number of aromatic nitrogens is 2. The molecule has 0 spiro atoms. The van der Waals surface area contributed by atoms with E-state index >= 15 is 0 Å². The van der Waals surface area contributed by atoms with Gasteiger partial charge in [-0.3, -0.25) is 9.79 Å². The standard InChI is InChI=1S/C17H14N4O/c1-21-14-9-5-4-8-13(14)20-17(21)16-11-6-2-3-7-12(11)19-15(22)10-18-16/h2-9H,10H2,1H3,(H,19,22).